The standard InChI is InChI=1S/C19H25FN2OS/c1-4-6-12-21-19-22(13-7-5-2)18(23)17(24-19)14(3)15-8-10-16(20)11-9-15/h8-11H,4-7,12-13H2,1-3H3/b17-14-,21-19?. The van der Waals surface area contributed by atoms with Crippen molar-refractivity contribution < 1.29 is 9.18 Å². The van der Waals surface area contributed by atoms with E-state index in [2.05, 4.69) is 18.8 Å². The van der Waals surface area contributed by atoms with E-state index in [0.717, 1.165) is 48.5 Å². The molecule has 1 fully saturated rings. The highest BCUT2D eigenvalue weighted by molar-refractivity contribution is 8.18. The van der Waals surface area contributed by atoms with Crippen molar-refractivity contribution in [3.05, 3.63) is 40.6 Å². The minimum atomic E-state index is -0.270. The molecule has 0 aliphatic carbocycles. The van der Waals surface area contributed by atoms with E-state index in [1.165, 1.54) is 23.9 Å². The average molecular weight is 348 g/mol. The summed E-state index contributed by atoms with van der Waals surface area (Å²) in [5, 5.41) is 0.804. The molecule has 24 heavy (non-hydrogen) atoms. The monoisotopic (exact) mass is 348 g/mol. The summed E-state index contributed by atoms with van der Waals surface area (Å²) in [6, 6.07) is 6.28. The second-order valence-electron chi connectivity index (χ2n) is 5.89. The zero-order valence-electron chi connectivity index (χ0n) is 14.6. The molecule has 0 unspecified atom stereocenters. The maximum absolute atomic E-state index is 13.1. The fourth-order valence-electron chi connectivity index (χ4n) is 2.43. The Labute approximate surface area is 148 Å². The van der Waals surface area contributed by atoms with Crippen molar-refractivity contribution in [2.24, 2.45) is 4.99 Å². The van der Waals surface area contributed by atoms with Crippen molar-refractivity contribution in [3.8, 4) is 0 Å². The van der Waals surface area contributed by atoms with Gasteiger partial charge in [0.1, 0.15) is 5.82 Å². The number of carbonyl (C=O) groups excluding carboxylic acids is 1. The number of hydrogen-bond donors (Lipinski definition) is 0. The molecule has 130 valence electrons. The molecule has 3 nitrogen and oxygen atoms in total. The third-order valence-electron chi connectivity index (χ3n) is 3.98. The third kappa shape index (κ3) is 4.47. The number of thioether (sulfide) groups is 1. The second kappa shape index (κ2) is 9.02. The van der Waals surface area contributed by atoms with Crippen LogP contribution in [0.3, 0.4) is 0 Å². The van der Waals surface area contributed by atoms with Gasteiger partial charge in [-0.05, 0) is 54.8 Å². The number of unbranched alkanes of at least 4 members (excludes halogenated alkanes) is 2. The predicted octanol–water partition coefficient (Wildman–Crippen LogP) is 5.09. The van der Waals surface area contributed by atoms with E-state index in [1.807, 2.05) is 6.92 Å². The van der Waals surface area contributed by atoms with Gasteiger partial charge in [-0.25, -0.2) is 4.39 Å². The van der Waals surface area contributed by atoms with Crippen LogP contribution in [0.25, 0.3) is 5.57 Å². The number of amides is 1. The minimum Gasteiger partial charge on any atom is -0.287 e. The Kier molecular flexibility index (Phi) is 7.03. The summed E-state index contributed by atoms with van der Waals surface area (Å²) in [5.41, 5.74) is 1.75. The van der Waals surface area contributed by atoms with E-state index in [0.29, 0.717) is 11.4 Å². The van der Waals surface area contributed by atoms with Crippen molar-refractivity contribution in [2.75, 3.05) is 13.1 Å². The van der Waals surface area contributed by atoms with Gasteiger partial charge in [0.05, 0.1) is 4.91 Å². The minimum absolute atomic E-state index is 0.0190. The Balaban J connectivity index is 2.30. The predicted molar refractivity (Wildman–Crippen MR) is 100 cm³/mol. The Morgan fingerprint density at radius 1 is 1.17 bits per heavy atom. The number of halogens is 1. The van der Waals surface area contributed by atoms with Gasteiger partial charge < -0.3 is 0 Å². The molecular weight excluding hydrogens is 323 g/mol. The van der Waals surface area contributed by atoms with Gasteiger partial charge in [-0.1, -0.05) is 38.8 Å². The van der Waals surface area contributed by atoms with Crippen molar-refractivity contribution in [2.45, 2.75) is 46.5 Å². The van der Waals surface area contributed by atoms with Crippen LogP contribution in [-0.2, 0) is 4.79 Å². The molecule has 1 amide bonds. The van der Waals surface area contributed by atoms with E-state index in [1.54, 1.807) is 17.0 Å². The van der Waals surface area contributed by atoms with Crippen LogP contribution in [0.1, 0.15) is 52.0 Å². The first kappa shape index (κ1) is 18.7. The summed E-state index contributed by atoms with van der Waals surface area (Å²) in [6.45, 7) is 7.61. The van der Waals surface area contributed by atoms with E-state index < -0.39 is 0 Å². The first-order valence-electron chi connectivity index (χ1n) is 8.59. The number of hydrogen-bond acceptors (Lipinski definition) is 3. The lowest BCUT2D eigenvalue weighted by Gasteiger charge is -2.15. The molecule has 1 heterocycles. The molecule has 0 N–H and O–H groups in total. The molecule has 0 aromatic heterocycles. The van der Waals surface area contributed by atoms with Gasteiger partial charge in [0, 0.05) is 13.1 Å². The van der Waals surface area contributed by atoms with Crippen molar-refractivity contribution in [1.29, 1.82) is 0 Å². The maximum atomic E-state index is 13.1. The highest BCUT2D eigenvalue weighted by Crippen LogP contribution is 2.36. The summed E-state index contributed by atoms with van der Waals surface area (Å²) in [7, 11) is 0. The SMILES string of the molecule is CCCCN=C1S/C(=C(/C)c2ccc(F)cc2)C(=O)N1CCCC. The number of aliphatic imine (C=N–C) groups is 1. The summed E-state index contributed by atoms with van der Waals surface area (Å²) < 4.78 is 13.1. The fourth-order valence-corrected chi connectivity index (χ4v) is 3.52. The van der Waals surface area contributed by atoms with Gasteiger partial charge >= 0.3 is 0 Å². The molecule has 1 aromatic carbocycles. The van der Waals surface area contributed by atoms with Gasteiger partial charge in [-0.2, -0.15) is 0 Å². The number of rotatable bonds is 7. The quantitative estimate of drug-likeness (QED) is 0.508. The topological polar surface area (TPSA) is 32.7 Å². The van der Waals surface area contributed by atoms with Crippen LogP contribution in [0.5, 0.6) is 0 Å². The third-order valence-corrected chi connectivity index (χ3v) is 5.19. The smallest absolute Gasteiger partial charge is 0.267 e. The van der Waals surface area contributed by atoms with Crippen LogP contribution in [0, 0.1) is 5.82 Å². The molecule has 2 rings (SSSR count). The molecule has 1 aliphatic heterocycles. The largest absolute Gasteiger partial charge is 0.287 e. The fraction of sp³-hybridized carbons (Fsp3) is 0.474. The van der Waals surface area contributed by atoms with E-state index in [-0.39, 0.29) is 11.7 Å². The van der Waals surface area contributed by atoms with Crippen LogP contribution in [0.2, 0.25) is 0 Å². The van der Waals surface area contributed by atoms with Gasteiger partial charge in [0.25, 0.3) is 5.91 Å². The van der Waals surface area contributed by atoms with Crippen LogP contribution in [-0.4, -0.2) is 29.1 Å². The Morgan fingerprint density at radius 3 is 2.46 bits per heavy atom. The first-order chi connectivity index (χ1) is 11.6. The Hall–Kier alpha value is -1.62. The molecule has 0 saturated carbocycles. The zero-order valence-corrected chi connectivity index (χ0v) is 15.5. The molecule has 0 bridgehead atoms. The van der Waals surface area contributed by atoms with Crippen molar-refractivity contribution in [1.82, 2.24) is 4.90 Å². The molecule has 0 radical (unpaired) electrons. The first-order valence-corrected chi connectivity index (χ1v) is 9.41. The van der Waals surface area contributed by atoms with E-state index >= 15 is 0 Å². The molecule has 5 heteroatoms. The normalized spacial score (nSPS) is 18.6. The lowest BCUT2D eigenvalue weighted by atomic mass is 10.1. The highest BCUT2D eigenvalue weighted by atomic mass is 32.2. The Bertz CT molecular complexity index is 637. The van der Waals surface area contributed by atoms with E-state index in [9.17, 15) is 9.18 Å². The molecule has 1 saturated heterocycles. The molecule has 0 atom stereocenters. The average Bonchev–Trinajstić information content (AvgIpc) is 2.89. The van der Waals surface area contributed by atoms with Gasteiger partial charge in [0.2, 0.25) is 0 Å². The lowest BCUT2D eigenvalue weighted by molar-refractivity contribution is -0.122. The zero-order chi connectivity index (χ0) is 17.5. The van der Waals surface area contributed by atoms with Gasteiger partial charge in [0.15, 0.2) is 5.17 Å². The molecule has 1 aromatic rings. The number of carbonyl (C=O) groups is 1. The molecular formula is C19H25FN2OS. The number of allylic oxidation sites excluding steroid dienone is 1. The number of benzene rings is 1. The molecule has 1 aliphatic rings. The van der Waals surface area contributed by atoms with Crippen LogP contribution < -0.4 is 0 Å². The van der Waals surface area contributed by atoms with Crippen molar-refractivity contribution >= 4 is 28.4 Å². The second-order valence-corrected chi connectivity index (χ2v) is 6.87. The van der Waals surface area contributed by atoms with E-state index in [4.69, 9.17) is 0 Å². The Morgan fingerprint density at radius 2 is 1.83 bits per heavy atom. The van der Waals surface area contributed by atoms with Crippen LogP contribution in [0.15, 0.2) is 34.2 Å². The van der Waals surface area contributed by atoms with Gasteiger partial charge in [-0.15, -0.1) is 0 Å². The summed E-state index contributed by atoms with van der Waals surface area (Å²) in [4.78, 5) is 20.0. The summed E-state index contributed by atoms with van der Waals surface area (Å²) in [5.74, 6) is -0.251. The number of nitrogens with zero attached hydrogens (tertiary/aromatic N) is 2. The van der Waals surface area contributed by atoms with Gasteiger partial charge in [-0.3, -0.25) is 14.7 Å². The summed E-state index contributed by atoms with van der Waals surface area (Å²) >= 11 is 1.45. The highest BCUT2D eigenvalue weighted by Gasteiger charge is 2.34. The molecule has 0 spiro atoms. The number of amidine groups is 1. The lowest BCUT2D eigenvalue weighted by Crippen LogP contribution is -2.30. The maximum Gasteiger partial charge on any atom is 0.267 e. The summed E-state index contributed by atoms with van der Waals surface area (Å²) in [6.07, 6.45) is 4.10. The van der Waals surface area contributed by atoms with Crippen LogP contribution in [0.4, 0.5) is 4.39 Å². The van der Waals surface area contributed by atoms with Crippen molar-refractivity contribution in [3.63, 3.8) is 0 Å². The van der Waals surface area contributed by atoms with Crippen LogP contribution >= 0.6 is 11.8 Å².